The Morgan fingerprint density at radius 3 is 2.31 bits per heavy atom. The number of morpholine rings is 1. The smallest absolute Gasteiger partial charge is 0.410 e. The van der Waals surface area contributed by atoms with Crippen LogP contribution in [-0.4, -0.2) is 74.0 Å². The summed E-state index contributed by atoms with van der Waals surface area (Å²) in [7, 11) is 3.23. The first-order valence-corrected chi connectivity index (χ1v) is 17.6. The van der Waals surface area contributed by atoms with Crippen LogP contribution in [0, 0.1) is 0 Å². The number of rotatable bonds is 8. The van der Waals surface area contributed by atoms with Crippen molar-refractivity contribution < 1.29 is 28.5 Å². The number of ether oxygens (including phenoxy) is 4. The van der Waals surface area contributed by atoms with Crippen molar-refractivity contribution in [1.82, 2.24) is 14.8 Å². The highest BCUT2D eigenvalue weighted by molar-refractivity contribution is 5.85. The molecule has 1 saturated heterocycles. The minimum absolute atomic E-state index is 0.00554. The molecule has 10 nitrogen and oxygen atoms in total. The topological polar surface area (TPSA) is 119 Å². The Bertz CT molecular complexity index is 2080. The lowest BCUT2D eigenvalue weighted by Gasteiger charge is -2.51. The number of aromatic amines is 1. The van der Waals surface area contributed by atoms with Gasteiger partial charge in [0.25, 0.3) is 0 Å². The van der Waals surface area contributed by atoms with Gasteiger partial charge in [-0.1, -0.05) is 48.5 Å². The number of nitrogens with one attached hydrogen (secondary N) is 1. The van der Waals surface area contributed by atoms with Gasteiger partial charge in [0.1, 0.15) is 5.75 Å². The summed E-state index contributed by atoms with van der Waals surface area (Å²) < 4.78 is 22.6. The normalized spacial score (nSPS) is 18.2. The molecule has 51 heavy (non-hydrogen) atoms. The number of benzene rings is 4. The van der Waals surface area contributed by atoms with E-state index in [1.807, 2.05) is 29.2 Å². The second kappa shape index (κ2) is 13.3. The fraction of sp³-hybridized carbons (Fsp3) is 0.317. The van der Waals surface area contributed by atoms with Gasteiger partial charge < -0.3 is 39.5 Å². The third-order valence-corrected chi connectivity index (χ3v) is 11.0. The molecule has 2 aliphatic heterocycles. The first-order chi connectivity index (χ1) is 24.9. The van der Waals surface area contributed by atoms with Gasteiger partial charge in [-0.25, -0.2) is 9.59 Å². The molecule has 1 unspecified atom stereocenters. The largest absolute Gasteiger partial charge is 0.497 e. The number of aromatic nitrogens is 1. The van der Waals surface area contributed by atoms with E-state index in [4.69, 9.17) is 24.7 Å². The molecule has 1 atom stereocenters. The van der Waals surface area contributed by atoms with E-state index in [1.54, 1.807) is 14.2 Å². The molecule has 3 N–H and O–H groups in total. The maximum atomic E-state index is 14.9. The molecule has 0 spiro atoms. The number of methoxy groups -OCH3 is 2. The monoisotopic (exact) mass is 686 g/mol. The molecule has 262 valence electrons. The van der Waals surface area contributed by atoms with Gasteiger partial charge in [0.15, 0.2) is 11.5 Å². The maximum Gasteiger partial charge on any atom is 0.410 e. The van der Waals surface area contributed by atoms with Crippen LogP contribution < -0.4 is 19.9 Å². The van der Waals surface area contributed by atoms with Crippen molar-refractivity contribution >= 4 is 23.0 Å². The number of carbonyl (C=O) groups excluding carboxylic acids is 2. The van der Waals surface area contributed by atoms with Crippen molar-refractivity contribution in [1.29, 1.82) is 0 Å². The highest BCUT2D eigenvalue weighted by atomic mass is 16.6. The molecule has 1 aromatic heterocycles. The molecule has 3 aliphatic rings. The Labute approximate surface area is 297 Å². The molecule has 0 radical (unpaired) electrons. The highest BCUT2D eigenvalue weighted by Gasteiger charge is 2.49. The molecule has 3 heterocycles. The Kier molecular flexibility index (Phi) is 8.55. The van der Waals surface area contributed by atoms with E-state index in [9.17, 15) is 9.59 Å². The number of primary amides is 1. The van der Waals surface area contributed by atoms with Crippen LogP contribution in [0.15, 0.2) is 85.1 Å². The molecule has 4 aromatic carbocycles. The van der Waals surface area contributed by atoms with Crippen molar-refractivity contribution in [3.63, 3.8) is 0 Å². The van der Waals surface area contributed by atoms with Gasteiger partial charge in [-0.05, 0) is 95.0 Å². The molecule has 5 aromatic rings. The Morgan fingerprint density at radius 2 is 1.63 bits per heavy atom. The summed E-state index contributed by atoms with van der Waals surface area (Å²) in [6, 6.07) is 27.0. The Hall–Kier alpha value is -5.48. The fourth-order valence-corrected chi connectivity index (χ4v) is 8.63. The fourth-order valence-electron chi connectivity index (χ4n) is 8.63. The average Bonchev–Trinajstić information content (AvgIpc) is 3.72. The summed E-state index contributed by atoms with van der Waals surface area (Å²) in [5, 5.41) is 1.08. The van der Waals surface area contributed by atoms with Crippen molar-refractivity contribution in [2.75, 3.05) is 47.1 Å². The number of nitrogens with zero attached hydrogens (tertiary/aromatic N) is 2. The zero-order chi connectivity index (χ0) is 35.1. The summed E-state index contributed by atoms with van der Waals surface area (Å²) in [6.45, 7) is 2.55. The van der Waals surface area contributed by atoms with Crippen molar-refractivity contribution in [3.05, 3.63) is 113 Å². The van der Waals surface area contributed by atoms with Gasteiger partial charge in [0.05, 0.1) is 33.0 Å². The second-order valence-electron chi connectivity index (χ2n) is 13.6. The molecule has 8 rings (SSSR count). The molecule has 1 fully saturated rings. The quantitative estimate of drug-likeness (QED) is 0.182. The Balaban J connectivity index is 1.34. The predicted octanol–water partition coefficient (Wildman–Crippen LogP) is 6.98. The minimum Gasteiger partial charge on any atom is -0.497 e. The van der Waals surface area contributed by atoms with E-state index >= 15 is 0 Å². The summed E-state index contributed by atoms with van der Waals surface area (Å²) in [4.78, 5) is 34.6. The first kappa shape index (κ1) is 32.7. The number of hydrogen-bond donors (Lipinski definition) is 2. The molecular weight excluding hydrogens is 644 g/mol. The van der Waals surface area contributed by atoms with Gasteiger partial charge in [-0.15, -0.1) is 0 Å². The lowest BCUT2D eigenvalue weighted by atomic mass is 9.70. The zero-order valence-electron chi connectivity index (χ0n) is 28.9. The van der Waals surface area contributed by atoms with Gasteiger partial charge in [0, 0.05) is 42.7 Å². The molecule has 1 aliphatic carbocycles. The second-order valence-corrected chi connectivity index (χ2v) is 13.6. The SMILES string of the molecule is COc1ccc2[nH]cc(CCC3(CC4c5ccccc5-c5ccccc54)c4cc(OC(N)=O)c(OC)cc4CCN3C(=O)N3CCOCC3)c2c1. The minimum atomic E-state index is -0.928. The van der Waals surface area contributed by atoms with Crippen LogP contribution in [0.4, 0.5) is 9.59 Å². The van der Waals surface area contributed by atoms with E-state index in [2.05, 4.69) is 70.7 Å². The standard InChI is InChI=1S/C41H42N4O6/c1-48-28-11-12-36-33(22-28)27(25-43-36)13-15-41(24-34-31-9-5-3-7-29(31)30-8-4-6-10-32(30)34)35-23-38(51-39(42)46)37(49-2)21-26(35)14-16-45(41)40(47)44-17-19-50-20-18-44/h3-12,21-23,25,34,43H,13-20,24H2,1-2H3,(H2,42,46). The maximum absolute atomic E-state index is 14.9. The number of aryl methyl sites for hydroxylation is 1. The summed E-state index contributed by atoms with van der Waals surface area (Å²) >= 11 is 0. The predicted molar refractivity (Wildman–Crippen MR) is 195 cm³/mol. The third kappa shape index (κ3) is 5.73. The zero-order valence-corrected chi connectivity index (χ0v) is 28.9. The van der Waals surface area contributed by atoms with Crippen LogP contribution >= 0.6 is 0 Å². The summed E-state index contributed by atoms with van der Waals surface area (Å²) in [5.41, 5.74) is 13.8. The molecule has 10 heteroatoms. The first-order valence-electron chi connectivity index (χ1n) is 17.6. The van der Waals surface area contributed by atoms with Gasteiger partial charge in [-0.2, -0.15) is 0 Å². The highest BCUT2D eigenvalue weighted by Crippen LogP contribution is 2.54. The molecule has 0 bridgehead atoms. The van der Waals surface area contributed by atoms with Gasteiger partial charge in [0.2, 0.25) is 0 Å². The van der Waals surface area contributed by atoms with E-state index in [-0.39, 0.29) is 17.7 Å². The van der Waals surface area contributed by atoms with Crippen LogP contribution in [0.3, 0.4) is 0 Å². The number of carbonyl (C=O) groups is 2. The number of amides is 3. The number of nitrogens with two attached hydrogens (primary N) is 1. The molecular formula is C41H42N4O6. The van der Waals surface area contributed by atoms with Crippen molar-refractivity contribution in [3.8, 4) is 28.4 Å². The van der Waals surface area contributed by atoms with E-state index in [0.29, 0.717) is 64.3 Å². The number of urea groups is 1. The van der Waals surface area contributed by atoms with Crippen LogP contribution in [0.25, 0.3) is 22.0 Å². The third-order valence-electron chi connectivity index (χ3n) is 11.0. The van der Waals surface area contributed by atoms with Gasteiger partial charge >= 0.3 is 12.1 Å². The van der Waals surface area contributed by atoms with Crippen molar-refractivity contribution in [2.45, 2.75) is 37.1 Å². The van der Waals surface area contributed by atoms with Crippen LogP contribution in [0.1, 0.15) is 46.6 Å². The lowest BCUT2D eigenvalue weighted by molar-refractivity contribution is 0.0175. The number of fused-ring (bicyclic) bond motifs is 5. The Morgan fingerprint density at radius 1 is 0.902 bits per heavy atom. The van der Waals surface area contributed by atoms with Crippen LogP contribution in [0.2, 0.25) is 0 Å². The van der Waals surface area contributed by atoms with E-state index < -0.39 is 11.6 Å². The molecule has 3 amide bonds. The number of H-pyrrole nitrogens is 1. The van der Waals surface area contributed by atoms with E-state index in [0.717, 1.165) is 33.3 Å². The lowest BCUT2D eigenvalue weighted by Crippen LogP contribution is -2.59. The number of hydrogen-bond acceptors (Lipinski definition) is 6. The molecule has 0 saturated carbocycles. The van der Waals surface area contributed by atoms with Crippen molar-refractivity contribution in [2.24, 2.45) is 5.73 Å². The van der Waals surface area contributed by atoms with Gasteiger partial charge in [-0.3, -0.25) is 0 Å². The van der Waals surface area contributed by atoms with Crippen LogP contribution in [0.5, 0.6) is 17.2 Å². The summed E-state index contributed by atoms with van der Waals surface area (Å²) in [5.74, 6) is 1.44. The average molecular weight is 687 g/mol. The summed E-state index contributed by atoms with van der Waals surface area (Å²) in [6.07, 6.45) is 3.62. The van der Waals surface area contributed by atoms with E-state index in [1.165, 1.54) is 22.3 Å². The van der Waals surface area contributed by atoms with Crippen LogP contribution in [-0.2, 0) is 23.1 Å².